The molecule has 1 rings (SSSR count). The molecule has 0 unspecified atom stereocenters. The van der Waals surface area contributed by atoms with Crippen LogP contribution in [-0.4, -0.2) is 12.4 Å². The fourth-order valence-electron chi connectivity index (χ4n) is 2.13. The van der Waals surface area contributed by atoms with Gasteiger partial charge in [-0.2, -0.15) is 0 Å². The normalized spacial score (nSPS) is 10.6. The van der Waals surface area contributed by atoms with Gasteiger partial charge in [-0.3, -0.25) is 5.41 Å². The van der Waals surface area contributed by atoms with Gasteiger partial charge in [0.15, 0.2) is 11.6 Å². The zero-order valence-electron chi connectivity index (χ0n) is 12.6. The van der Waals surface area contributed by atoms with E-state index in [9.17, 15) is 8.78 Å². The van der Waals surface area contributed by atoms with Crippen molar-refractivity contribution < 1.29 is 13.5 Å². The van der Waals surface area contributed by atoms with Crippen LogP contribution in [0.5, 0.6) is 5.75 Å². The predicted octanol–water partition coefficient (Wildman–Crippen LogP) is 4.38. The maximum Gasteiger partial charge on any atom is 0.178 e. The van der Waals surface area contributed by atoms with Gasteiger partial charge in [-0.25, -0.2) is 8.78 Å². The highest BCUT2D eigenvalue weighted by molar-refractivity contribution is 5.95. The Balaban J connectivity index is 2.36. The highest BCUT2D eigenvalue weighted by Gasteiger charge is 2.16. The number of nitrogen functional groups attached to an aromatic ring is 1. The van der Waals surface area contributed by atoms with E-state index >= 15 is 0 Å². The average molecular weight is 298 g/mol. The Morgan fingerprint density at radius 2 is 1.71 bits per heavy atom. The minimum Gasteiger partial charge on any atom is -0.490 e. The van der Waals surface area contributed by atoms with Crippen LogP contribution in [0.25, 0.3) is 0 Å². The fraction of sp³-hybridized carbons (Fsp3) is 0.562. The quantitative estimate of drug-likeness (QED) is 0.382. The van der Waals surface area contributed by atoms with Gasteiger partial charge in [-0.1, -0.05) is 45.4 Å². The van der Waals surface area contributed by atoms with Crippen LogP contribution >= 0.6 is 0 Å². The van der Waals surface area contributed by atoms with Crippen LogP contribution < -0.4 is 10.5 Å². The number of hydrogen-bond donors (Lipinski definition) is 2. The van der Waals surface area contributed by atoms with E-state index in [0.717, 1.165) is 25.3 Å². The lowest BCUT2D eigenvalue weighted by atomic mass is 10.1. The zero-order valence-corrected chi connectivity index (χ0v) is 12.6. The Bertz CT molecular complexity index is 464. The van der Waals surface area contributed by atoms with Gasteiger partial charge in [0.05, 0.1) is 12.2 Å². The summed E-state index contributed by atoms with van der Waals surface area (Å²) >= 11 is 0. The minimum absolute atomic E-state index is 0.0485. The summed E-state index contributed by atoms with van der Waals surface area (Å²) in [5, 5.41) is 7.18. The monoisotopic (exact) mass is 298 g/mol. The summed E-state index contributed by atoms with van der Waals surface area (Å²) in [6, 6.07) is 2.30. The van der Waals surface area contributed by atoms with Crippen LogP contribution in [0.3, 0.4) is 0 Å². The molecule has 3 nitrogen and oxygen atoms in total. The first-order valence-corrected chi connectivity index (χ1v) is 7.53. The summed E-state index contributed by atoms with van der Waals surface area (Å²) in [5.74, 6) is -2.42. The summed E-state index contributed by atoms with van der Waals surface area (Å²) < 4.78 is 32.6. The molecule has 118 valence electrons. The van der Waals surface area contributed by atoms with E-state index in [0.29, 0.717) is 6.61 Å². The minimum atomic E-state index is -0.898. The van der Waals surface area contributed by atoms with E-state index < -0.39 is 23.0 Å². The first-order chi connectivity index (χ1) is 10.1. The number of unbranched alkanes of at least 4 members (excludes halogenated alkanes) is 6. The fourth-order valence-corrected chi connectivity index (χ4v) is 2.13. The number of halogens is 2. The van der Waals surface area contributed by atoms with Gasteiger partial charge < -0.3 is 10.5 Å². The van der Waals surface area contributed by atoms with Crippen LogP contribution in [0.2, 0.25) is 0 Å². The van der Waals surface area contributed by atoms with Crippen molar-refractivity contribution >= 4 is 5.84 Å². The summed E-state index contributed by atoms with van der Waals surface area (Å²) in [6.07, 6.45) is 7.98. The molecule has 0 aliphatic rings. The van der Waals surface area contributed by atoms with Crippen LogP contribution in [0.1, 0.15) is 57.4 Å². The van der Waals surface area contributed by atoms with Gasteiger partial charge in [0.1, 0.15) is 11.7 Å². The molecule has 0 atom stereocenters. The number of nitrogens with two attached hydrogens (primary N) is 1. The highest BCUT2D eigenvalue weighted by Crippen LogP contribution is 2.23. The van der Waals surface area contributed by atoms with Crippen molar-refractivity contribution in [3.05, 3.63) is 29.3 Å². The van der Waals surface area contributed by atoms with E-state index in [4.69, 9.17) is 15.9 Å². The first-order valence-electron chi connectivity index (χ1n) is 7.53. The molecule has 21 heavy (non-hydrogen) atoms. The van der Waals surface area contributed by atoms with Gasteiger partial charge >= 0.3 is 0 Å². The number of hydrogen-bond acceptors (Lipinski definition) is 2. The van der Waals surface area contributed by atoms with Crippen molar-refractivity contribution in [1.82, 2.24) is 0 Å². The molecule has 0 heterocycles. The van der Waals surface area contributed by atoms with Crippen molar-refractivity contribution in [3.8, 4) is 5.75 Å². The second-order valence-electron chi connectivity index (χ2n) is 5.12. The molecule has 1 aromatic rings. The van der Waals surface area contributed by atoms with E-state index in [2.05, 4.69) is 6.92 Å². The molecular weight excluding hydrogens is 274 g/mol. The van der Waals surface area contributed by atoms with E-state index in [1.807, 2.05) is 0 Å². The Labute approximate surface area is 125 Å². The molecule has 0 amide bonds. The van der Waals surface area contributed by atoms with Gasteiger partial charge in [0, 0.05) is 0 Å². The van der Waals surface area contributed by atoms with Crippen molar-refractivity contribution in [2.24, 2.45) is 5.73 Å². The third-order valence-corrected chi connectivity index (χ3v) is 3.33. The van der Waals surface area contributed by atoms with Crippen LogP contribution in [0.15, 0.2) is 12.1 Å². The van der Waals surface area contributed by atoms with E-state index in [1.165, 1.54) is 31.7 Å². The molecule has 0 fully saturated rings. The predicted molar refractivity (Wildman–Crippen MR) is 80.9 cm³/mol. The largest absolute Gasteiger partial charge is 0.490 e. The van der Waals surface area contributed by atoms with Gasteiger partial charge in [0.25, 0.3) is 0 Å². The molecule has 0 aliphatic carbocycles. The Kier molecular flexibility index (Phi) is 7.72. The SMILES string of the molecule is CCCCCCCCCOc1ccc(F)c(C(=N)N)c1F. The number of amidine groups is 1. The number of nitrogens with one attached hydrogen (secondary N) is 1. The van der Waals surface area contributed by atoms with Gasteiger partial charge in [-0.15, -0.1) is 0 Å². The van der Waals surface area contributed by atoms with Crippen molar-refractivity contribution in [2.75, 3.05) is 6.61 Å². The summed E-state index contributed by atoms with van der Waals surface area (Å²) in [5.41, 5.74) is 4.65. The number of benzene rings is 1. The molecule has 0 aliphatic heterocycles. The third kappa shape index (κ3) is 5.69. The molecule has 0 spiro atoms. The highest BCUT2D eigenvalue weighted by atomic mass is 19.1. The van der Waals surface area contributed by atoms with E-state index in [-0.39, 0.29) is 5.75 Å². The van der Waals surface area contributed by atoms with Crippen molar-refractivity contribution in [2.45, 2.75) is 51.9 Å². The van der Waals surface area contributed by atoms with Crippen molar-refractivity contribution in [1.29, 1.82) is 5.41 Å². The number of ether oxygens (including phenoxy) is 1. The second kappa shape index (κ2) is 9.32. The molecule has 5 heteroatoms. The standard InChI is InChI=1S/C16H24F2N2O/c1-2-3-4-5-6-7-8-11-21-13-10-9-12(17)14(15(13)18)16(19)20/h9-10H,2-8,11H2,1H3,(H3,19,20). The second-order valence-corrected chi connectivity index (χ2v) is 5.12. The lowest BCUT2D eigenvalue weighted by molar-refractivity contribution is 0.289. The lowest BCUT2D eigenvalue weighted by Crippen LogP contribution is -2.16. The topological polar surface area (TPSA) is 59.1 Å². The zero-order chi connectivity index (χ0) is 15.7. The molecule has 0 radical (unpaired) electrons. The van der Waals surface area contributed by atoms with Crippen LogP contribution in [-0.2, 0) is 0 Å². The summed E-state index contributed by atoms with van der Waals surface area (Å²) in [7, 11) is 0. The Morgan fingerprint density at radius 3 is 2.33 bits per heavy atom. The molecule has 0 aromatic heterocycles. The van der Waals surface area contributed by atoms with Crippen LogP contribution in [0.4, 0.5) is 8.78 Å². The summed E-state index contributed by atoms with van der Waals surface area (Å²) in [4.78, 5) is 0. The number of rotatable bonds is 10. The van der Waals surface area contributed by atoms with Gasteiger partial charge in [-0.05, 0) is 18.6 Å². The smallest absolute Gasteiger partial charge is 0.178 e. The Morgan fingerprint density at radius 1 is 1.10 bits per heavy atom. The first kappa shape index (κ1) is 17.4. The van der Waals surface area contributed by atoms with Gasteiger partial charge in [0.2, 0.25) is 0 Å². The van der Waals surface area contributed by atoms with E-state index in [1.54, 1.807) is 0 Å². The molecular formula is C16H24F2N2O. The Hall–Kier alpha value is -1.65. The molecule has 1 aromatic carbocycles. The average Bonchev–Trinajstić information content (AvgIpc) is 2.43. The molecule has 0 saturated carbocycles. The van der Waals surface area contributed by atoms with Crippen molar-refractivity contribution in [3.63, 3.8) is 0 Å². The summed E-state index contributed by atoms with van der Waals surface area (Å²) in [6.45, 7) is 2.56. The molecule has 0 bridgehead atoms. The maximum atomic E-state index is 13.9. The maximum absolute atomic E-state index is 13.9. The molecule has 0 saturated heterocycles. The third-order valence-electron chi connectivity index (χ3n) is 3.33. The van der Waals surface area contributed by atoms with Crippen LogP contribution in [0, 0.1) is 17.0 Å². The molecule has 3 N–H and O–H groups in total. The lowest BCUT2D eigenvalue weighted by Gasteiger charge is -2.10.